The molecule has 0 fully saturated rings. The molecule has 1 N–H and O–H groups in total. The number of hydrogen-bond donors (Lipinski definition) is 1. The molecular weight excluding hydrogens is 470 g/mol. The minimum absolute atomic E-state index is 0.109. The fourth-order valence-corrected chi connectivity index (χ4v) is 4.40. The third-order valence-corrected chi connectivity index (χ3v) is 6.80. The summed E-state index contributed by atoms with van der Waals surface area (Å²) in [4.78, 5) is 12.3. The zero-order valence-electron chi connectivity index (χ0n) is 19.7. The van der Waals surface area contributed by atoms with Crippen LogP contribution < -0.4 is 19.6 Å². The fraction of sp³-hybridized carbons (Fsp3) is 0.200. The number of nitrogens with zero attached hydrogens (tertiary/aromatic N) is 2. The highest BCUT2D eigenvalue weighted by Gasteiger charge is 2.27. The van der Waals surface area contributed by atoms with E-state index in [0.717, 1.165) is 9.87 Å². The van der Waals surface area contributed by atoms with Crippen molar-refractivity contribution in [2.45, 2.75) is 11.5 Å². The van der Waals surface area contributed by atoms with Crippen molar-refractivity contribution in [2.75, 3.05) is 27.8 Å². The van der Waals surface area contributed by atoms with Crippen LogP contribution in [0.3, 0.4) is 0 Å². The number of benzene rings is 3. The van der Waals surface area contributed by atoms with Gasteiger partial charge in [-0.1, -0.05) is 42.5 Å². The van der Waals surface area contributed by atoms with Gasteiger partial charge in [-0.15, -0.1) is 0 Å². The Bertz CT molecular complexity index is 1280. The molecule has 1 amide bonds. The monoisotopic (exact) mass is 497 g/mol. The van der Waals surface area contributed by atoms with E-state index in [-0.39, 0.29) is 10.6 Å². The SMILES string of the molecule is COc1ccc(OC)c(S(=O)(=O)N(C)CC(=O)N/N=C/c2ccccc2OCc2ccccc2)c1. The van der Waals surface area contributed by atoms with Gasteiger partial charge >= 0.3 is 0 Å². The smallest absolute Gasteiger partial charge is 0.255 e. The first-order chi connectivity index (χ1) is 16.8. The van der Waals surface area contributed by atoms with Crippen molar-refractivity contribution in [3.63, 3.8) is 0 Å². The second kappa shape index (κ2) is 12.0. The predicted molar refractivity (Wildman–Crippen MR) is 132 cm³/mol. The summed E-state index contributed by atoms with van der Waals surface area (Å²) in [5.41, 5.74) is 4.03. The topological polar surface area (TPSA) is 107 Å². The maximum Gasteiger partial charge on any atom is 0.255 e. The molecular formula is C25H27N3O6S. The van der Waals surface area contributed by atoms with Crippen LogP contribution in [-0.4, -0.2) is 52.7 Å². The number of para-hydroxylation sites is 1. The second-order valence-corrected chi connectivity index (χ2v) is 9.40. The molecule has 3 aromatic carbocycles. The molecule has 0 spiro atoms. The Kier molecular flexibility index (Phi) is 8.82. The highest BCUT2D eigenvalue weighted by molar-refractivity contribution is 7.89. The summed E-state index contributed by atoms with van der Waals surface area (Å²) < 4.78 is 43.0. The summed E-state index contributed by atoms with van der Waals surface area (Å²) in [5, 5.41) is 3.96. The number of nitrogens with one attached hydrogen (secondary N) is 1. The number of likely N-dealkylation sites (N-methyl/N-ethyl adjacent to an activating group) is 1. The molecule has 0 radical (unpaired) electrons. The predicted octanol–water partition coefficient (Wildman–Crippen LogP) is 3.05. The zero-order valence-corrected chi connectivity index (χ0v) is 20.5. The van der Waals surface area contributed by atoms with Crippen LogP contribution in [0.15, 0.2) is 82.8 Å². The van der Waals surface area contributed by atoms with Gasteiger partial charge in [0, 0.05) is 18.7 Å². The van der Waals surface area contributed by atoms with Crippen molar-refractivity contribution < 1.29 is 27.4 Å². The van der Waals surface area contributed by atoms with E-state index in [0.29, 0.717) is 23.7 Å². The van der Waals surface area contributed by atoms with Gasteiger partial charge in [-0.3, -0.25) is 4.79 Å². The van der Waals surface area contributed by atoms with Crippen LogP contribution in [0.2, 0.25) is 0 Å². The number of ether oxygens (including phenoxy) is 3. The first-order valence-corrected chi connectivity index (χ1v) is 12.0. The van der Waals surface area contributed by atoms with Gasteiger partial charge in [0.15, 0.2) is 0 Å². The quantitative estimate of drug-likeness (QED) is 0.322. The van der Waals surface area contributed by atoms with Crippen LogP contribution in [-0.2, 0) is 21.4 Å². The molecule has 0 atom stereocenters. The Hall–Kier alpha value is -3.89. The summed E-state index contributed by atoms with van der Waals surface area (Å²) in [5.74, 6) is 0.471. The molecule has 0 saturated heterocycles. The lowest BCUT2D eigenvalue weighted by Gasteiger charge is -2.18. The summed E-state index contributed by atoms with van der Waals surface area (Å²) >= 11 is 0. The number of hydrazone groups is 1. The lowest BCUT2D eigenvalue weighted by atomic mass is 10.2. The van der Waals surface area contributed by atoms with Gasteiger partial charge in [-0.25, -0.2) is 13.8 Å². The van der Waals surface area contributed by atoms with Crippen LogP contribution >= 0.6 is 0 Å². The van der Waals surface area contributed by atoms with Crippen molar-refractivity contribution in [2.24, 2.45) is 5.10 Å². The standard InChI is InChI=1S/C25H27N3O6S/c1-28(35(30,31)24-15-21(32-2)13-14-23(24)33-3)17-25(29)27-26-16-20-11-7-8-12-22(20)34-18-19-9-5-4-6-10-19/h4-16H,17-18H2,1-3H3,(H,27,29)/b26-16+. The molecule has 10 heteroatoms. The number of sulfonamides is 1. The molecule has 184 valence electrons. The van der Waals surface area contributed by atoms with Crippen LogP contribution in [0.4, 0.5) is 0 Å². The summed E-state index contributed by atoms with van der Waals surface area (Å²) in [7, 11) is 0.0580. The molecule has 3 rings (SSSR count). The molecule has 9 nitrogen and oxygen atoms in total. The van der Waals surface area contributed by atoms with Crippen molar-refractivity contribution in [1.29, 1.82) is 0 Å². The van der Waals surface area contributed by atoms with Gasteiger partial charge in [0.2, 0.25) is 10.0 Å². The molecule has 0 aliphatic rings. The molecule has 0 aliphatic heterocycles. The van der Waals surface area contributed by atoms with Gasteiger partial charge in [0.05, 0.1) is 27.0 Å². The third kappa shape index (κ3) is 6.81. The third-order valence-electron chi connectivity index (χ3n) is 4.97. The largest absolute Gasteiger partial charge is 0.497 e. The summed E-state index contributed by atoms with van der Waals surface area (Å²) in [6, 6.07) is 21.4. The first kappa shape index (κ1) is 25.7. The number of amides is 1. The average molecular weight is 498 g/mol. The Labute approximate surface area is 205 Å². The molecule has 0 aromatic heterocycles. The van der Waals surface area contributed by atoms with Crippen LogP contribution in [0.5, 0.6) is 17.2 Å². The van der Waals surface area contributed by atoms with Gasteiger partial charge in [-0.05, 0) is 29.8 Å². The average Bonchev–Trinajstić information content (AvgIpc) is 2.88. The summed E-state index contributed by atoms with van der Waals surface area (Å²) in [6.07, 6.45) is 1.44. The van der Waals surface area contributed by atoms with Crippen LogP contribution in [0, 0.1) is 0 Å². The minimum Gasteiger partial charge on any atom is -0.497 e. The highest BCUT2D eigenvalue weighted by Crippen LogP contribution is 2.30. The minimum atomic E-state index is -4.03. The van der Waals surface area contributed by atoms with E-state index in [1.54, 1.807) is 18.2 Å². The van der Waals surface area contributed by atoms with Crippen molar-refractivity contribution in [3.8, 4) is 17.2 Å². The Morgan fingerprint density at radius 1 is 0.971 bits per heavy atom. The van der Waals surface area contributed by atoms with E-state index in [1.807, 2.05) is 42.5 Å². The molecule has 0 unspecified atom stereocenters. The van der Waals surface area contributed by atoms with E-state index < -0.39 is 22.5 Å². The zero-order chi connectivity index (χ0) is 25.3. The van der Waals surface area contributed by atoms with Gasteiger partial charge in [-0.2, -0.15) is 9.41 Å². The van der Waals surface area contributed by atoms with E-state index in [9.17, 15) is 13.2 Å². The van der Waals surface area contributed by atoms with Crippen LogP contribution in [0.1, 0.15) is 11.1 Å². The van der Waals surface area contributed by atoms with Crippen molar-refractivity contribution >= 4 is 22.1 Å². The molecule has 3 aromatic rings. The van der Waals surface area contributed by atoms with E-state index in [4.69, 9.17) is 14.2 Å². The maximum absolute atomic E-state index is 13.0. The van der Waals surface area contributed by atoms with E-state index in [1.165, 1.54) is 39.6 Å². The number of methoxy groups -OCH3 is 2. The summed E-state index contributed by atoms with van der Waals surface area (Å²) in [6.45, 7) is -0.0688. The molecule has 0 aliphatic carbocycles. The van der Waals surface area contributed by atoms with Crippen molar-refractivity contribution in [3.05, 3.63) is 83.9 Å². The first-order valence-electron chi connectivity index (χ1n) is 10.6. The van der Waals surface area contributed by atoms with E-state index in [2.05, 4.69) is 10.5 Å². The molecule has 0 bridgehead atoms. The molecule has 35 heavy (non-hydrogen) atoms. The highest BCUT2D eigenvalue weighted by atomic mass is 32.2. The van der Waals surface area contributed by atoms with Gasteiger partial charge < -0.3 is 14.2 Å². The number of carbonyl (C=O) groups excluding carboxylic acids is 1. The van der Waals surface area contributed by atoms with Gasteiger partial charge in [0.1, 0.15) is 28.8 Å². The Morgan fingerprint density at radius 3 is 2.40 bits per heavy atom. The van der Waals surface area contributed by atoms with Crippen LogP contribution in [0.25, 0.3) is 0 Å². The lowest BCUT2D eigenvalue weighted by molar-refractivity contribution is -0.121. The normalized spacial score (nSPS) is 11.4. The number of hydrogen-bond acceptors (Lipinski definition) is 7. The second-order valence-electron chi connectivity index (χ2n) is 7.38. The lowest BCUT2D eigenvalue weighted by Crippen LogP contribution is -2.36. The van der Waals surface area contributed by atoms with Gasteiger partial charge in [0.25, 0.3) is 5.91 Å². The molecule has 0 heterocycles. The van der Waals surface area contributed by atoms with Crippen molar-refractivity contribution in [1.82, 2.24) is 9.73 Å². The number of rotatable bonds is 11. The Balaban J connectivity index is 1.63. The maximum atomic E-state index is 13.0. The van der Waals surface area contributed by atoms with E-state index >= 15 is 0 Å². The number of carbonyl (C=O) groups is 1. The molecule has 0 saturated carbocycles. The fourth-order valence-electron chi connectivity index (χ4n) is 3.10. The Morgan fingerprint density at radius 2 is 1.69 bits per heavy atom.